The molecule has 1 unspecified atom stereocenters. The lowest BCUT2D eigenvalue weighted by Crippen LogP contribution is -2.26. The fourth-order valence-corrected chi connectivity index (χ4v) is 2.11. The largest absolute Gasteiger partial charge is 0.383 e. The zero-order chi connectivity index (χ0) is 10.6. The minimum absolute atomic E-state index is 0.820. The van der Waals surface area contributed by atoms with Crippen LogP contribution in [0, 0.1) is 5.92 Å². The quantitative estimate of drug-likeness (QED) is 0.570. The second-order valence-corrected chi connectivity index (χ2v) is 4.85. The van der Waals surface area contributed by atoms with Gasteiger partial charge < -0.3 is 10.1 Å². The van der Waals surface area contributed by atoms with E-state index in [1.165, 1.54) is 24.3 Å². The van der Waals surface area contributed by atoms with Gasteiger partial charge in [0.1, 0.15) is 0 Å². The molecule has 0 bridgehead atoms. The van der Waals surface area contributed by atoms with E-state index in [9.17, 15) is 0 Å². The average Bonchev–Trinajstić information content (AvgIpc) is 2.22. The molecule has 1 atom stereocenters. The SMILES string of the molecule is CCSCCC(CC)CNCCOC. The van der Waals surface area contributed by atoms with Gasteiger partial charge in [-0.3, -0.25) is 0 Å². The van der Waals surface area contributed by atoms with Crippen LogP contribution in [-0.4, -0.2) is 38.3 Å². The molecule has 86 valence electrons. The number of ether oxygens (including phenoxy) is 1. The summed E-state index contributed by atoms with van der Waals surface area (Å²) in [5, 5.41) is 3.43. The first kappa shape index (κ1) is 14.3. The molecular weight excluding hydrogens is 194 g/mol. The van der Waals surface area contributed by atoms with Crippen LogP contribution in [0.2, 0.25) is 0 Å². The molecule has 0 rings (SSSR count). The number of hydrogen-bond donors (Lipinski definition) is 1. The van der Waals surface area contributed by atoms with Gasteiger partial charge in [-0.05, 0) is 30.4 Å². The van der Waals surface area contributed by atoms with Crippen LogP contribution in [0.5, 0.6) is 0 Å². The summed E-state index contributed by atoms with van der Waals surface area (Å²) in [6.07, 6.45) is 2.62. The first-order valence-corrected chi connectivity index (χ1v) is 6.78. The number of nitrogens with one attached hydrogen (secondary N) is 1. The molecule has 0 saturated carbocycles. The van der Waals surface area contributed by atoms with Crippen molar-refractivity contribution in [3.63, 3.8) is 0 Å². The van der Waals surface area contributed by atoms with E-state index >= 15 is 0 Å². The van der Waals surface area contributed by atoms with E-state index in [4.69, 9.17) is 4.74 Å². The summed E-state index contributed by atoms with van der Waals surface area (Å²) in [4.78, 5) is 0. The summed E-state index contributed by atoms with van der Waals surface area (Å²) in [6.45, 7) is 7.44. The maximum absolute atomic E-state index is 4.99. The normalized spacial score (nSPS) is 13.1. The van der Waals surface area contributed by atoms with E-state index in [0.717, 1.165) is 25.6 Å². The summed E-state index contributed by atoms with van der Waals surface area (Å²) in [7, 11) is 1.75. The Hall–Kier alpha value is 0.270. The predicted octanol–water partition coefficient (Wildman–Crippen LogP) is 2.39. The number of thioether (sulfide) groups is 1. The highest BCUT2D eigenvalue weighted by atomic mass is 32.2. The molecule has 0 aliphatic heterocycles. The molecule has 0 saturated heterocycles. The van der Waals surface area contributed by atoms with E-state index in [-0.39, 0.29) is 0 Å². The van der Waals surface area contributed by atoms with E-state index in [0.29, 0.717) is 0 Å². The molecular formula is C11H25NOS. The molecule has 3 heteroatoms. The maximum Gasteiger partial charge on any atom is 0.0587 e. The molecule has 0 aromatic rings. The van der Waals surface area contributed by atoms with Gasteiger partial charge in [0.15, 0.2) is 0 Å². The Morgan fingerprint density at radius 1 is 1.36 bits per heavy atom. The highest BCUT2D eigenvalue weighted by molar-refractivity contribution is 7.99. The lowest BCUT2D eigenvalue weighted by Gasteiger charge is -2.15. The first-order chi connectivity index (χ1) is 6.85. The summed E-state index contributed by atoms with van der Waals surface area (Å²) in [5.74, 6) is 3.39. The monoisotopic (exact) mass is 219 g/mol. The molecule has 14 heavy (non-hydrogen) atoms. The smallest absolute Gasteiger partial charge is 0.0587 e. The lowest BCUT2D eigenvalue weighted by molar-refractivity contribution is 0.197. The standard InChI is InChI=1S/C11H25NOS/c1-4-11(6-9-14-5-2)10-12-7-8-13-3/h11-12H,4-10H2,1-3H3. The fraction of sp³-hybridized carbons (Fsp3) is 1.00. The molecule has 0 heterocycles. The van der Waals surface area contributed by atoms with Gasteiger partial charge in [0.25, 0.3) is 0 Å². The Labute approximate surface area is 93.2 Å². The highest BCUT2D eigenvalue weighted by Gasteiger charge is 2.04. The van der Waals surface area contributed by atoms with Gasteiger partial charge in [-0.15, -0.1) is 0 Å². The molecule has 2 nitrogen and oxygen atoms in total. The Bertz CT molecular complexity index is 111. The minimum Gasteiger partial charge on any atom is -0.383 e. The minimum atomic E-state index is 0.820. The predicted molar refractivity (Wildman–Crippen MR) is 66.1 cm³/mol. The molecule has 0 radical (unpaired) electrons. The van der Waals surface area contributed by atoms with Crippen molar-refractivity contribution in [2.24, 2.45) is 5.92 Å². The van der Waals surface area contributed by atoms with Gasteiger partial charge in [-0.1, -0.05) is 20.3 Å². The fourth-order valence-electron chi connectivity index (χ4n) is 1.33. The topological polar surface area (TPSA) is 21.3 Å². The van der Waals surface area contributed by atoms with Crippen LogP contribution in [0.3, 0.4) is 0 Å². The summed E-state index contributed by atoms with van der Waals surface area (Å²) in [6, 6.07) is 0. The lowest BCUT2D eigenvalue weighted by atomic mass is 10.0. The third kappa shape index (κ3) is 8.85. The van der Waals surface area contributed by atoms with Gasteiger partial charge in [0, 0.05) is 13.7 Å². The van der Waals surface area contributed by atoms with Crippen molar-refractivity contribution >= 4 is 11.8 Å². The summed E-state index contributed by atoms with van der Waals surface area (Å²) < 4.78 is 4.99. The number of hydrogen-bond acceptors (Lipinski definition) is 3. The van der Waals surface area contributed by atoms with Crippen molar-refractivity contribution in [2.45, 2.75) is 26.7 Å². The Balaban J connectivity index is 3.28. The molecule has 0 fully saturated rings. The molecule has 0 aliphatic carbocycles. The average molecular weight is 219 g/mol. The summed E-state index contributed by atoms with van der Waals surface area (Å²) >= 11 is 2.04. The zero-order valence-corrected chi connectivity index (χ0v) is 10.7. The molecule has 0 aliphatic rings. The van der Waals surface area contributed by atoms with Gasteiger partial charge in [0.05, 0.1) is 6.61 Å². The Morgan fingerprint density at radius 3 is 2.71 bits per heavy atom. The molecule has 0 aromatic heterocycles. The molecule has 0 aromatic carbocycles. The van der Waals surface area contributed by atoms with Crippen molar-refractivity contribution in [3.05, 3.63) is 0 Å². The van der Waals surface area contributed by atoms with Crippen molar-refractivity contribution in [1.29, 1.82) is 0 Å². The van der Waals surface area contributed by atoms with Crippen molar-refractivity contribution in [1.82, 2.24) is 5.32 Å². The molecule has 1 N–H and O–H groups in total. The van der Waals surface area contributed by atoms with E-state index in [1.807, 2.05) is 11.8 Å². The van der Waals surface area contributed by atoms with Crippen LogP contribution in [-0.2, 0) is 4.74 Å². The highest BCUT2D eigenvalue weighted by Crippen LogP contribution is 2.11. The maximum atomic E-state index is 4.99. The Morgan fingerprint density at radius 2 is 2.14 bits per heavy atom. The van der Waals surface area contributed by atoms with E-state index < -0.39 is 0 Å². The molecule has 0 amide bonds. The Kier molecular flexibility index (Phi) is 11.6. The van der Waals surface area contributed by atoms with Crippen LogP contribution < -0.4 is 5.32 Å². The van der Waals surface area contributed by atoms with Crippen LogP contribution in [0.15, 0.2) is 0 Å². The van der Waals surface area contributed by atoms with Gasteiger partial charge in [-0.25, -0.2) is 0 Å². The first-order valence-electron chi connectivity index (χ1n) is 5.62. The van der Waals surface area contributed by atoms with Crippen LogP contribution in [0.25, 0.3) is 0 Å². The van der Waals surface area contributed by atoms with Crippen LogP contribution in [0.4, 0.5) is 0 Å². The number of rotatable bonds is 10. The van der Waals surface area contributed by atoms with Crippen molar-refractivity contribution in [3.8, 4) is 0 Å². The van der Waals surface area contributed by atoms with Crippen molar-refractivity contribution < 1.29 is 4.74 Å². The number of methoxy groups -OCH3 is 1. The van der Waals surface area contributed by atoms with Crippen LogP contribution >= 0.6 is 11.8 Å². The summed E-state index contributed by atoms with van der Waals surface area (Å²) in [5.41, 5.74) is 0. The van der Waals surface area contributed by atoms with Gasteiger partial charge in [0.2, 0.25) is 0 Å². The van der Waals surface area contributed by atoms with Gasteiger partial charge >= 0.3 is 0 Å². The zero-order valence-electron chi connectivity index (χ0n) is 9.84. The van der Waals surface area contributed by atoms with E-state index in [1.54, 1.807) is 7.11 Å². The van der Waals surface area contributed by atoms with Gasteiger partial charge in [-0.2, -0.15) is 11.8 Å². The second kappa shape index (κ2) is 11.3. The van der Waals surface area contributed by atoms with E-state index in [2.05, 4.69) is 19.2 Å². The second-order valence-electron chi connectivity index (χ2n) is 3.46. The third-order valence-corrected chi connectivity index (χ3v) is 3.30. The van der Waals surface area contributed by atoms with Crippen LogP contribution in [0.1, 0.15) is 26.7 Å². The third-order valence-electron chi connectivity index (χ3n) is 2.37. The van der Waals surface area contributed by atoms with Crippen molar-refractivity contribution in [2.75, 3.05) is 38.3 Å². The molecule has 0 spiro atoms.